The molecule has 0 amide bonds. The molecule has 1 N–H and O–H groups in total. The minimum Gasteiger partial charge on any atom is -0.314 e. The zero-order valence-corrected chi connectivity index (χ0v) is 14.3. The number of piperazine rings is 1. The van der Waals surface area contributed by atoms with Crippen LogP contribution >= 0.6 is 0 Å². The Balaban J connectivity index is 1.96. The Bertz CT molecular complexity index is 219. The Morgan fingerprint density at radius 3 is 1.85 bits per heavy atom. The molecule has 0 aromatic rings. The lowest BCUT2D eigenvalue weighted by Gasteiger charge is -2.41. The van der Waals surface area contributed by atoms with Gasteiger partial charge in [-0.25, -0.2) is 0 Å². The van der Waals surface area contributed by atoms with Crippen LogP contribution < -0.4 is 5.32 Å². The molecule has 0 atom stereocenters. The van der Waals surface area contributed by atoms with Crippen LogP contribution in [0.2, 0.25) is 0 Å². The molecule has 0 aromatic heterocycles. The van der Waals surface area contributed by atoms with Gasteiger partial charge in [-0.2, -0.15) is 0 Å². The molecule has 0 aliphatic carbocycles. The van der Waals surface area contributed by atoms with Gasteiger partial charge in [0.25, 0.3) is 0 Å². The van der Waals surface area contributed by atoms with Crippen molar-refractivity contribution in [3.05, 3.63) is 0 Å². The Morgan fingerprint density at radius 1 is 0.800 bits per heavy atom. The molecule has 1 heterocycles. The lowest BCUT2D eigenvalue weighted by atomic mass is 9.93. The molecule has 2 heteroatoms. The van der Waals surface area contributed by atoms with Gasteiger partial charge >= 0.3 is 0 Å². The maximum absolute atomic E-state index is 3.45. The SMILES string of the molecule is CCCCCCCCCCCC(C)(C)N1CCNCC1. The molecule has 20 heavy (non-hydrogen) atoms. The summed E-state index contributed by atoms with van der Waals surface area (Å²) in [4.78, 5) is 2.67. The second-order valence-electron chi connectivity index (χ2n) is 7.13. The molecule has 120 valence electrons. The number of rotatable bonds is 11. The van der Waals surface area contributed by atoms with Crippen LogP contribution in [0.25, 0.3) is 0 Å². The summed E-state index contributed by atoms with van der Waals surface area (Å²) < 4.78 is 0. The molecule has 0 unspecified atom stereocenters. The van der Waals surface area contributed by atoms with Crippen LogP contribution in [0.5, 0.6) is 0 Å². The van der Waals surface area contributed by atoms with Crippen molar-refractivity contribution in [3.63, 3.8) is 0 Å². The molecule has 2 nitrogen and oxygen atoms in total. The molecule has 1 rings (SSSR count). The van der Waals surface area contributed by atoms with Crippen molar-refractivity contribution in [1.29, 1.82) is 0 Å². The lowest BCUT2D eigenvalue weighted by Crippen LogP contribution is -2.53. The van der Waals surface area contributed by atoms with Gasteiger partial charge in [-0.15, -0.1) is 0 Å². The summed E-state index contributed by atoms with van der Waals surface area (Å²) >= 11 is 0. The standard InChI is InChI=1S/C18H38N2/c1-4-5-6-7-8-9-10-11-12-13-18(2,3)20-16-14-19-15-17-20/h19H,4-17H2,1-3H3. The minimum absolute atomic E-state index is 0.406. The first-order valence-corrected chi connectivity index (χ1v) is 9.12. The summed E-state index contributed by atoms with van der Waals surface area (Å²) in [6, 6.07) is 0. The Morgan fingerprint density at radius 2 is 1.30 bits per heavy atom. The van der Waals surface area contributed by atoms with E-state index in [1.54, 1.807) is 0 Å². The fraction of sp³-hybridized carbons (Fsp3) is 1.00. The third kappa shape index (κ3) is 7.64. The van der Waals surface area contributed by atoms with Gasteiger partial charge in [-0.05, 0) is 20.3 Å². The third-order valence-corrected chi connectivity index (χ3v) is 4.87. The first-order valence-electron chi connectivity index (χ1n) is 9.12. The van der Waals surface area contributed by atoms with Crippen LogP contribution in [0.4, 0.5) is 0 Å². The fourth-order valence-corrected chi connectivity index (χ4v) is 3.30. The number of nitrogens with zero attached hydrogens (tertiary/aromatic N) is 1. The molecule has 1 aliphatic rings. The van der Waals surface area contributed by atoms with Gasteiger partial charge in [0.05, 0.1) is 0 Å². The number of hydrogen-bond donors (Lipinski definition) is 1. The molecule has 1 aliphatic heterocycles. The zero-order chi connectivity index (χ0) is 14.7. The molecule has 0 aromatic carbocycles. The van der Waals surface area contributed by atoms with Gasteiger partial charge in [0, 0.05) is 31.7 Å². The van der Waals surface area contributed by atoms with Crippen molar-refractivity contribution in [3.8, 4) is 0 Å². The minimum atomic E-state index is 0.406. The third-order valence-electron chi connectivity index (χ3n) is 4.87. The Kier molecular flexibility index (Phi) is 9.54. The smallest absolute Gasteiger partial charge is 0.0154 e. The quantitative estimate of drug-likeness (QED) is 0.558. The van der Waals surface area contributed by atoms with E-state index in [1.807, 2.05) is 0 Å². The molecule has 0 bridgehead atoms. The molecule has 1 fully saturated rings. The molecular weight excluding hydrogens is 244 g/mol. The van der Waals surface area contributed by atoms with E-state index in [2.05, 4.69) is 31.0 Å². The fourth-order valence-electron chi connectivity index (χ4n) is 3.30. The lowest BCUT2D eigenvalue weighted by molar-refractivity contribution is 0.0930. The van der Waals surface area contributed by atoms with Crippen LogP contribution in [-0.2, 0) is 0 Å². The predicted octanol–water partition coefficient (Wildman–Crippen LogP) is 4.59. The van der Waals surface area contributed by atoms with Gasteiger partial charge in [0.15, 0.2) is 0 Å². The van der Waals surface area contributed by atoms with Crippen LogP contribution in [0, 0.1) is 0 Å². The highest BCUT2D eigenvalue weighted by Gasteiger charge is 2.26. The normalized spacial score (nSPS) is 17.6. The van der Waals surface area contributed by atoms with Gasteiger partial charge in [-0.1, -0.05) is 64.7 Å². The largest absolute Gasteiger partial charge is 0.314 e. The van der Waals surface area contributed by atoms with E-state index in [0.717, 1.165) is 0 Å². The van der Waals surface area contributed by atoms with Gasteiger partial charge in [-0.3, -0.25) is 4.90 Å². The summed E-state index contributed by atoms with van der Waals surface area (Å²) in [5.74, 6) is 0. The average Bonchev–Trinajstić information content (AvgIpc) is 2.46. The molecular formula is C18H38N2. The van der Waals surface area contributed by atoms with Crippen molar-refractivity contribution in [2.45, 2.75) is 90.5 Å². The van der Waals surface area contributed by atoms with E-state index in [0.29, 0.717) is 5.54 Å². The van der Waals surface area contributed by atoms with E-state index >= 15 is 0 Å². The van der Waals surface area contributed by atoms with Gasteiger partial charge < -0.3 is 5.32 Å². The number of unbranched alkanes of at least 4 members (excludes halogenated alkanes) is 8. The second kappa shape index (κ2) is 10.6. The first kappa shape index (κ1) is 18.0. The van der Waals surface area contributed by atoms with E-state index in [1.165, 1.54) is 90.4 Å². The van der Waals surface area contributed by atoms with Crippen LogP contribution in [0.1, 0.15) is 85.0 Å². The van der Waals surface area contributed by atoms with Crippen molar-refractivity contribution < 1.29 is 0 Å². The number of hydrogen-bond acceptors (Lipinski definition) is 2. The Hall–Kier alpha value is -0.0800. The van der Waals surface area contributed by atoms with Crippen molar-refractivity contribution in [2.24, 2.45) is 0 Å². The summed E-state index contributed by atoms with van der Waals surface area (Å²) in [5, 5.41) is 3.45. The van der Waals surface area contributed by atoms with Crippen molar-refractivity contribution in [2.75, 3.05) is 26.2 Å². The van der Waals surface area contributed by atoms with E-state index in [4.69, 9.17) is 0 Å². The first-order chi connectivity index (χ1) is 9.67. The molecule has 0 radical (unpaired) electrons. The van der Waals surface area contributed by atoms with Crippen molar-refractivity contribution >= 4 is 0 Å². The van der Waals surface area contributed by atoms with Crippen LogP contribution in [0.3, 0.4) is 0 Å². The van der Waals surface area contributed by atoms with Gasteiger partial charge in [0.2, 0.25) is 0 Å². The monoisotopic (exact) mass is 282 g/mol. The van der Waals surface area contributed by atoms with E-state index < -0.39 is 0 Å². The van der Waals surface area contributed by atoms with Gasteiger partial charge in [0.1, 0.15) is 0 Å². The second-order valence-corrected chi connectivity index (χ2v) is 7.13. The number of nitrogens with one attached hydrogen (secondary N) is 1. The Labute approximate surface area is 127 Å². The maximum Gasteiger partial charge on any atom is 0.0154 e. The molecule has 1 saturated heterocycles. The highest BCUT2D eigenvalue weighted by Crippen LogP contribution is 2.23. The van der Waals surface area contributed by atoms with Crippen molar-refractivity contribution in [1.82, 2.24) is 10.2 Å². The molecule has 0 spiro atoms. The topological polar surface area (TPSA) is 15.3 Å². The predicted molar refractivity (Wildman–Crippen MR) is 90.4 cm³/mol. The summed E-state index contributed by atoms with van der Waals surface area (Å²) in [5.41, 5.74) is 0.406. The van der Waals surface area contributed by atoms with Crippen LogP contribution in [0.15, 0.2) is 0 Å². The zero-order valence-electron chi connectivity index (χ0n) is 14.3. The summed E-state index contributed by atoms with van der Waals surface area (Å²) in [6.07, 6.45) is 14.3. The van der Waals surface area contributed by atoms with Crippen LogP contribution in [-0.4, -0.2) is 36.6 Å². The average molecular weight is 283 g/mol. The maximum atomic E-state index is 3.45. The van der Waals surface area contributed by atoms with E-state index in [-0.39, 0.29) is 0 Å². The summed E-state index contributed by atoms with van der Waals surface area (Å²) in [6.45, 7) is 11.9. The highest BCUT2D eigenvalue weighted by atomic mass is 15.2. The molecule has 0 saturated carbocycles. The van der Waals surface area contributed by atoms with E-state index in [9.17, 15) is 0 Å². The highest BCUT2D eigenvalue weighted by molar-refractivity contribution is 4.84. The summed E-state index contributed by atoms with van der Waals surface area (Å²) in [7, 11) is 0.